The van der Waals surface area contributed by atoms with Gasteiger partial charge in [-0.2, -0.15) is 0 Å². The lowest BCUT2D eigenvalue weighted by Crippen LogP contribution is -2.41. The number of hydrogen-bond donors (Lipinski definition) is 2. The predicted molar refractivity (Wildman–Crippen MR) is 80.0 cm³/mol. The topological polar surface area (TPSA) is 76.7 Å². The molecule has 1 unspecified atom stereocenters. The van der Waals surface area contributed by atoms with Gasteiger partial charge in [0, 0.05) is 19.6 Å². The highest BCUT2D eigenvalue weighted by Crippen LogP contribution is 2.16. The maximum Gasteiger partial charge on any atom is 0.240 e. The molecule has 2 N–H and O–H groups in total. The second-order valence-corrected chi connectivity index (χ2v) is 6.64. The van der Waals surface area contributed by atoms with Gasteiger partial charge in [-0.05, 0) is 30.7 Å². The third kappa shape index (κ3) is 4.96. The van der Waals surface area contributed by atoms with E-state index in [1.807, 2.05) is 6.92 Å². The summed E-state index contributed by atoms with van der Waals surface area (Å²) < 4.78 is 37.5. The Kier molecular flexibility index (Phi) is 5.98. The first kappa shape index (κ1) is 16.2. The molecule has 1 fully saturated rings. The van der Waals surface area contributed by atoms with Crippen molar-refractivity contribution in [1.82, 2.24) is 10.0 Å². The highest BCUT2D eigenvalue weighted by Gasteiger charge is 2.15. The number of benzene rings is 1. The van der Waals surface area contributed by atoms with E-state index in [4.69, 9.17) is 9.47 Å². The molecule has 0 aromatic heterocycles. The van der Waals surface area contributed by atoms with Gasteiger partial charge in [0.05, 0.1) is 11.5 Å². The van der Waals surface area contributed by atoms with Crippen LogP contribution in [0.25, 0.3) is 0 Å². The van der Waals surface area contributed by atoms with Gasteiger partial charge < -0.3 is 14.8 Å². The van der Waals surface area contributed by atoms with E-state index in [9.17, 15) is 8.42 Å². The molecule has 1 atom stereocenters. The number of morpholine rings is 1. The zero-order valence-electron chi connectivity index (χ0n) is 12.2. The van der Waals surface area contributed by atoms with Gasteiger partial charge >= 0.3 is 0 Å². The van der Waals surface area contributed by atoms with E-state index in [1.54, 1.807) is 24.3 Å². The quantitative estimate of drug-likeness (QED) is 0.776. The average Bonchev–Trinajstić information content (AvgIpc) is 2.52. The lowest BCUT2D eigenvalue weighted by Gasteiger charge is -2.23. The summed E-state index contributed by atoms with van der Waals surface area (Å²) in [5.41, 5.74) is 0. The lowest BCUT2D eigenvalue weighted by atomic mass is 10.3. The Hall–Kier alpha value is -1.15. The molecule has 1 heterocycles. The third-order valence-corrected chi connectivity index (χ3v) is 4.59. The molecular weight excluding hydrogens is 292 g/mol. The van der Waals surface area contributed by atoms with E-state index in [-0.39, 0.29) is 11.0 Å². The van der Waals surface area contributed by atoms with Crippen LogP contribution in [0, 0.1) is 0 Å². The van der Waals surface area contributed by atoms with E-state index < -0.39 is 10.0 Å². The van der Waals surface area contributed by atoms with Crippen molar-refractivity contribution in [1.29, 1.82) is 0 Å². The van der Waals surface area contributed by atoms with Crippen LogP contribution in [0.5, 0.6) is 5.75 Å². The molecular formula is C14H22N2O4S. The van der Waals surface area contributed by atoms with E-state index >= 15 is 0 Å². The first-order valence-corrected chi connectivity index (χ1v) is 8.65. The molecule has 1 aromatic rings. The first-order valence-electron chi connectivity index (χ1n) is 7.16. The van der Waals surface area contributed by atoms with Crippen molar-refractivity contribution < 1.29 is 17.9 Å². The van der Waals surface area contributed by atoms with Crippen molar-refractivity contribution in [3.05, 3.63) is 24.3 Å². The highest BCUT2D eigenvalue weighted by molar-refractivity contribution is 7.89. The van der Waals surface area contributed by atoms with Crippen LogP contribution in [0.15, 0.2) is 29.2 Å². The Morgan fingerprint density at radius 3 is 2.76 bits per heavy atom. The molecule has 118 valence electrons. The maximum atomic E-state index is 11.9. The fourth-order valence-corrected chi connectivity index (χ4v) is 3.08. The van der Waals surface area contributed by atoms with Gasteiger partial charge in [0.2, 0.25) is 10.0 Å². The molecule has 0 bridgehead atoms. The summed E-state index contributed by atoms with van der Waals surface area (Å²) in [6.45, 7) is 5.14. The summed E-state index contributed by atoms with van der Waals surface area (Å²) in [5.74, 6) is 0.638. The van der Waals surface area contributed by atoms with Gasteiger partial charge in [-0.15, -0.1) is 0 Å². The Labute approximate surface area is 125 Å². The molecule has 21 heavy (non-hydrogen) atoms. The maximum absolute atomic E-state index is 11.9. The van der Waals surface area contributed by atoms with Crippen molar-refractivity contribution >= 4 is 10.0 Å². The number of hydrogen-bond acceptors (Lipinski definition) is 5. The smallest absolute Gasteiger partial charge is 0.240 e. The fourth-order valence-electron chi connectivity index (χ4n) is 1.95. The Bertz CT molecular complexity index is 524. The van der Waals surface area contributed by atoms with E-state index in [2.05, 4.69) is 10.0 Å². The van der Waals surface area contributed by atoms with Crippen molar-refractivity contribution in [3.63, 3.8) is 0 Å². The Morgan fingerprint density at radius 2 is 2.14 bits per heavy atom. The molecule has 6 nitrogen and oxygen atoms in total. The highest BCUT2D eigenvalue weighted by atomic mass is 32.2. The molecule has 1 aliphatic heterocycles. The largest absolute Gasteiger partial charge is 0.491 e. The molecule has 1 aromatic carbocycles. The third-order valence-electron chi connectivity index (χ3n) is 3.12. The van der Waals surface area contributed by atoms with Crippen molar-refractivity contribution in [2.24, 2.45) is 0 Å². The minimum atomic E-state index is -3.41. The molecule has 0 spiro atoms. The van der Waals surface area contributed by atoms with Crippen LogP contribution in [-0.2, 0) is 14.8 Å². The van der Waals surface area contributed by atoms with Crippen LogP contribution >= 0.6 is 0 Å². The summed E-state index contributed by atoms with van der Waals surface area (Å²) in [5, 5.41) is 3.23. The van der Waals surface area contributed by atoms with E-state index in [0.29, 0.717) is 25.5 Å². The van der Waals surface area contributed by atoms with Gasteiger partial charge in [0.15, 0.2) is 0 Å². The van der Waals surface area contributed by atoms with Crippen LogP contribution in [0.2, 0.25) is 0 Å². The number of ether oxygens (including phenoxy) is 2. The van der Waals surface area contributed by atoms with Gasteiger partial charge in [-0.1, -0.05) is 6.92 Å². The summed E-state index contributed by atoms with van der Waals surface area (Å²) in [6, 6.07) is 6.42. The number of rotatable bonds is 7. The van der Waals surface area contributed by atoms with Crippen LogP contribution in [0.1, 0.15) is 13.3 Å². The van der Waals surface area contributed by atoms with Crippen LogP contribution in [0.3, 0.4) is 0 Å². The second kappa shape index (κ2) is 7.74. The molecule has 0 radical (unpaired) electrons. The molecule has 0 aliphatic carbocycles. The van der Waals surface area contributed by atoms with Crippen LogP contribution in [-0.4, -0.2) is 47.4 Å². The van der Waals surface area contributed by atoms with Crippen LogP contribution < -0.4 is 14.8 Å². The zero-order chi connectivity index (χ0) is 15.1. The SMILES string of the molecule is CCCNS(=O)(=O)c1ccc(OCC2CNCCO2)cc1. The normalized spacial score (nSPS) is 19.4. The molecule has 1 aliphatic rings. The number of sulfonamides is 1. The van der Waals surface area contributed by atoms with Gasteiger partial charge in [-0.25, -0.2) is 13.1 Å². The van der Waals surface area contributed by atoms with Crippen LogP contribution in [0.4, 0.5) is 0 Å². The molecule has 0 saturated carbocycles. The summed E-state index contributed by atoms with van der Waals surface area (Å²) >= 11 is 0. The molecule has 2 rings (SSSR count). The minimum Gasteiger partial charge on any atom is -0.491 e. The Morgan fingerprint density at radius 1 is 1.38 bits per heavy atom. The van der Waals surface area contributed by atoms with Crippen molar-refractivity contribution in [2.45, 2.75) is 24.3 Å². The van der Waals surface area contributed by atoms with Crippen molar-refractivity contribution in [3.8, 4) is 5.75 Å². The van der Waals surface area contributed by atoms with Gasteiger partial charge in [0.1, 0.15) is 18.5 Å². The Balaban J connectivity index is 1.89. The van der Waals surface area contributed by atoms with E-state index in [1.165, 1.54) is 0 Å². The monoisotopic (exact) mass is 314 g/mol. The average molecular weight is 314 g/mol. The molecule has 0 amide bonds. The summed E-state index contributed by atoms with van der Waals surface area (Å²) in [4.78, 5) is 0.249. The number of nitrogens with one attached hydrogen (secondary N) is 2. The first-order chi connectivity index (χ1) is 10.1. The lowest BCUT2D eigenvalue weighted by molar-refractivity contribution is 0.000185. The predicted octanol–water partition coefficient (Wildman–Crippen LogP) is 0.742. The van der Waals surface area contributed by atoms with E-state index in [0.717, 1.165) is 19.5 Å². The summed E-state index contributed by atoms with van der Waals surface area (Å²) in [7, 11) is -3.41. The van der Waals surface area contributed by atoms with Crippen molar-refractivity contribution in [2.75, 3.05) is 32.8 Å². The molecule has 7 heteroatoms. The minimum absolute atomic E-state index is 0.0355. The van der Waals surface area contributed by atoms with Gasteiger partial charge in [-0.3, -0.25) is 0 Å². The fraction of sp³-hybridized carbons (Fsp3) is 0.571. The zero-order valence-corrected chi connectivity index (χ0v) is 13.0. The standard InChI is InChI=1S/C14H22N2O4S/c1-2-7-16-21(17,18)14-5-3-12(4-6-14)20-11-13-10-15-8-9-19-13/h3-6,13,15-16H,2,7-11H2,1H3. The second-order valence-electron chi connectivity index (χ2n) is 4.88. The summed E-state index contributed by atoms with van der Waals surface area (Å²) in [6.07, 6.45) is 0.795. The molecule has 1 saturated heterocycles. The van der Waals surface area contributed by atoms with Gasteiger partial charge in [0.25, 0.3) is 0 Å².